The third kappa shape index (κ3) is 2.77. The average Bonchev–Trinajstić information content (AvgIpc) is 3.01. The Hall–Kier alpha value is -2.69. The van der Waals surface area contributed by atoms with Crippen LogP contribution in [0.3, 0.4) is 0 Å². The van der Waals surface area contributed by atoms with E-state index < -0.39 is 0 Å². The molecule has 1 heterocycles. The van der Waals surface area contributed by atoms with Crippen molar-refractivity contribution in [1.29, 1.82) is 0 Å². The van der Waals surface area contributed by atoms with Crippen LogP contribution in [-0.4, -0.2) is 20.2 Å². The maximum Gasteiger partial charge on any atom is 0.162 e. The highest BCUT2D eigenvalue weighted by molar-refractivity contribution is 5.35. The van der Waals surface area contributed by atoms with Gasteiger partial charge < -0.3 is 4.74 Å². The van der Waals surface area contributed by atoms with Crippen molar-refractivity contribution in [2.24, 2.45) is 0 Å². The molecule has 1 aromatic heterocycles. The largest absolute Gasteiger partial charge is 0.489 e. The highest BCUT2D eigenvalue weighted by Gasteiger charge is 1.99. The Morgan fingerprint density at radius 2 is 1.74 bits per heavy atom. The van der Waals surface area contributed by atoms with Gasteiger partial charge in [-0.25, -0.2) is 0 Å². The van der Waals surface area contributed by atoms with Crippen LogP contribution < -0.4 is 4.74 Å². The Labute approximate surface area is 110 Å². The second-order valence-electron chi connectivity index (χ2n) is 3.99. The smallest absolute Gasteiger partial charge is 0.162 e. The van der Waals surface area contributed by atoms with Gasteiger partial charge in [-0.1, -0.05) is 30.3 Å². The van der Waals surface area contributed by atoms with Crippen molar-refractivity contribution >= 4 is 0 Å². The normalized spacial score (nSPS) is 10.3. The fourth-order valence-electron chi connectivity index (χ4n) is 1.70. The summed E-state index contributed by atoms with van der Waals surface area (Å²) in [5, 5.41) is 11.5. The number of aromatic nitrogens is 4. The van der Waals surface area contributed by atoms with E-state index >= 15 is 0 Å². The molecule has 3 aromatic rings. The maximum absolute atomic E-state index is 5.70. The third-order valence-corrected chi connectivity index (χ3v) is 2.67. The van der Waals surface area contributed by atoms with Gasteiger partial charge in [0.05, 0.1) is 5.69 Å². The van der Waals surface area contributed by atoms with E-state index in [1.165, 1.54) is 11.1 Å². The lowest BCUT2D eigenvalue weighted by molar-refractivity contribution is 0.306. The molecule has 0 bridgehead atoms. The van der Waals surface area contributed by atoms with Gasteiger partial charge in [0.1, 0.15) is 12.4 Å². The molecule has 0 amide bonds. The minimum atomic E-state index is 0.557. The molecule has 3 rings (SSSR count). The minimum Gasteiger partial charge on any atom is -0.489 e. The Morgan fingerprint density at radius 1 is 0.947 bits per heavy atom. The molecule has 94 valence electrons. The highest BCUT2D eigenvalue weighted by atomic mass is 16.5. The van der Waals surface area contributed by atoms with Gasteiger partial charge in [-0.15, -0.1) is 15.0 Å². The summed E-state index contributed by atoms with van der Waals surface area (Å²) in [7, 11) is 0. The quantitative estimate of drug-likeness (QED) is 0.714. The molecule has 0 aliphatic carbocycles. The molecule has 0 unspecified atom stereocenters. The van der Waals surface area contributed by atoms with Crippen LogP contribution in [0.2, 0.25) is 0 Å². The molecule has 0 aliphatic heterocycles. The van der Waals surface area contributed by atoms with E-state index in [1.54, 1.807) is 0 Å². The van der Waals surface area contributed by atoms with E-state index in [0.29, 0.717) is 6.61 Å². The molecule has 0 radical (unpaired) electrons. The summed E-state index contributed by atoms with van der Waals surface area (Å²) in [6, 6.07) is 17.6. The zero-order chi connectivity index (χ0) is 12.9. The molecule has 19 heavy (non-hydrogen) atoms. The lowest BCUT2D eigenvalue weighted by Gasteiger charge is -2.06. The van der Waals surface area contributed by atoms with E-state index in [-0.39, 0.29) is 0 Å². The topological polar surface area (TPSA) is 52.8 Å². The van der Waals surface area contributed by atoms with E-state index in [0.717, 1.165) is 17.0 Å². The standard InChI is InChI=1S/C14H12N4O/c1-2-4-12(5-3-1)10-19-14-8-6-13(7-9-14)18-16-11-15-17-18/h1-9,11H,10H2. The molecule has 0 atom stereocenters. The zero-order valence-corrected chi connectivity index (χ0v) is 10.2. The SMILES string of the molecule is c1ccc(COc2ccc(-n3ncnn3)cc2)cc1. The summed E-state index contributed by atoms with van der Waals surface area (Å²) in [6.07, 6.45) is 1.40. The fourth-order valence-corrected chi connectivity index (χ4v) is 1.70. The van der Waals surface area contributed by atoms with Crippen LogP contribution in [0.4, 0.5) is 0 Å². The van der Waals surface area contributed by atoms with E-state index in [2.05, 4.69) is 15.4 Å². The second-order valence-corrected chi connectivity index (χ2v) is 3.99. The first kappa shape index (κ1) is 11.4. The molecular weight excluding hydrogens is 240 g/mol. The van der Waals surface area contributed by atoms with E-state index in [9.17, 15) is 0 Å². The van der Waals surface area contributed by atoms with Crippen molar-refractivity contribution in [1.82, 2.24) is 20.2 Å². The molecule has 0 saturated carbocycles. The van der Waals surface area contributed by atoms with Crippen molar-refractivity contribution < 1.29 is 4.74 Å². The first-order valence-corrected chi connectivity index (χ1v) is 5.92. The van der Waals surface area contributed by atoms with Crippen LogP contribution >= 0.6 is 0 Å². The molecule has 5 nitrogen and oxygen atoms in total. The van der Waals surface area contributed by atoms with Gasteiger partial charge in [-0.3, -0.25) is 0 Å². The third-order valence-electron chi connectivity index (χ3n) is 2.67. The molecule has 0 saturated heterocycles. The predicted molar refractivity (Wildman–Crippen MR) is 69.9 cm³/mol. The summed E-state index contributed by atoms with van der Waals surface area (Å²) >= 11 is 0. The minimum absolute atomic E-state index is 0.557. The van der Waals surface area contributed by atoms with Crippen LogP contribution in [0.25, 0.3) is 5.69 Å². The highest BCUT2D eigenvalue weighted by Crippen LogP contribution is 2.15. The van der Waals surface area contributed by atoms with Crippen molar-refractivity contribution in [2.75, 3.05) is 0 Å². The van der Waals surface area contributed by atoms with Gasteiger partial charge in [0.15, 0.2) is 6.33 Å². The van der Waals surface area contributed by atoms with Crippen molar-refractivity contribution in [2.45, 2.75) is 6.61 Å². The number of hydrogen-bond acceptors (Lipinski definition) is 4. The first-order chi connectivity index (χ1) is 9.42. The van der Waals surface area contributed by atoms with Gasteiger partial charge in [0, 0.05) is 0 Å². The van der Waals surface area contributed by atoms with Crippen LogP contribution in [0.15, 0.2) is 60.9 Å². The Kier molecular flexibility index (Phi) is 3.18. The summed E-state index contributed by atoms with van der Waals surface area (Å²) in [5.41, 5.74) is 1.99. The maximum atomic E-state index is 5.70. The van der Waals surface area contributed by atoms with Crippen LogP contribution in [0.1, 0.15) is 5.56 Å². The zero-order valence-electron chi connectivity index (χ0n) is 10.2. The second kappa shape index (κ2) is 5.30. The number of benzene rings is 2. The summed E-state index contributed by atoms with van der Waals surface area (Å²) in [5.74, 6) is 0.813. The molecule has 0 fully saturated rings. The summed E-state index contributed by atoms with van der Waals surface area (Å²) in [6.45, 7) is 0.557. The van der Waals surface area contributed by atoms with Gasteiger partial charge in [0.25, 0.3) is 0 Å². The molecule has 0 aliphatic rings. The lowest BCUT2D eigenvalue weighted by Crippen LogP contribution is -1.99. The first-order valence-electron chi connectivity index (χ1n) is 5.92. The summed E-state index contributed by atoms with van der Waals surface area (Å²) in [4.78, 5) is 1.46. The van der Waals surface area contributed by atoms with Gasteiger partial charge in [-0.05, 0) is 35.0 Å². The van der Waals surface area contributed by atoms with Crippen LogP contribution in [0, 0.1) is 0 Å². The number of tetrazole rings is 1. The predicted octanol–water partition coefficient (Wildman–Crippen LogP) is 2.24. The van der Waals surface area contributed by atoms with Crippen LogP contribution in [0.5, 0.6) is 5.75 Å². The molecule has 2 aromatic carbocycles. The number of rotatable bonds is 4. The van der Waals surface area contributed by atoms with Crippen molar-refractivity contribution in [3.63, 3.8) is 0 Å². The number of nitrogens with zero attached hydrogens (tertiary/aromatic N) is 4. The van der Waals surface area contributed by atoms with E-state index in [4.69, 9.17) is 4.74 Å². The van der Waals surface area contributed by atoms with Gasteiger partial charge in [-0.2, -0.15) is 0 Å². The molecular formula is C14H12N4O. The van der Waals surface area contributed by atoms with Crippen LogP contribution in [-0.2, 0) is 6.61 Å². The lowest BCUT2D eigenvalue weighted by atomic mass is 10.2. The Balaban J connectivity index is 1.67. The van der Waals surface area contributed by atoms with Gasteiger partial charge >= 0.3 is 0 Å². The fraction of sp³-hybridized carbons (Fsp3) is 0.0714. The Bertz CT molecular complexity index is 620. The van der Waals surface area contributed by atoms with E-state index in [1.807, 2.05) is 54.6 Å². The average molecular weight is 252 g/mol. The summed E-state index contributed by atoms with van der Waals surface area (Å²) < 4.78 is 5.70. The van der Waals surface area contributed by atoms with Gasteiger partial charge in [0.2, 0.25) is 0 Å². The Morgan fingerprint density at radius 3 is 2.42 bits per heavy atom. The molecule has 5 heteroatoms. The number of hydrogen-bond donors (Lipinski definition) is 0. The molecule has 0 N–H and O–H groups in total. The number of ether oxygens (including phenoxy) is 1. The monoisotopic (exact) mass is 252 g/mol. The molecule has 0 spiro atoms. The van der Waals surface area contributed by atoms with Crippen molar-refractivity contribution in [3.8, 4) is 11.4 Å². The van der Waals surface area contributed by atoms with Crippen molar-refractivity contribution in [3.05, 3.63) is 66.5 Å².